The molecule has 0 saturated carbocycles. The lowest BCUT2D eigenvalue weighted by Crippen LogP contribution is -2.38. The smallest absolute Gasteiger partial charge is 0.321 e. The van der Waals surface area contributed by atoms with E-state index in [0.29, 0.717) is 12.4 Å². The summed E-state index contributed by atoms with van der Waals surface area (Å²) in [6, 6.07) is 9.50. The van der Waals surface area contributed by atoms with Crippen molar-refractivity contribution in [3.63, 3.8) is 0 Å². The number of nitrogens with one attached hydrogen (secondary N) is 2. The largest absolute Gasteiger partial charge is 0.497 e. The number of hydrogen-bond acceptors (Lipinski definition) is 5. The van der Waals surface area contributed by atoms with Gasteiger partial charge in [-0.25, -0.2) is 4.79 Å². The number of ether oxygens (including phenoxy) is 1. The van der Waals surface area contributed by atoms with Crippen molar-refractivity contribution in [2.24, 2.45) is 0 Å². The molecule has 1 fully saturated rings. The number of likely N-dealkylation sites (tertiary alicyclic amines) is 1. The molecule has 2 aromatic rings. The van der Waals surface area contributed by atoms with Gasteiger partial charge in [0, 0.05) is 12.6 Å². The first-order valence-corrected chi connectivity index (χ1v) is 8.52. The molecule has 0 spiro atoms. The normalized spacial score (nSPS) is 15.8. The fraction of sp³-hybridized carbons (Fsp3) is 0.444. The molecule has 25 heavy (non-hydrogen) atoms. The number of aryl methyl sites for hydroxylation is 1. The van der Waals surface area contributed by atoms with Gasteiger partial charge in [0.05, 0.1) is 18.8 Å². The molecule has 2 amide bonds. The van der Waals surface area contributed by atoms with Crippen molar-refractivity contribution < 1.29 is 14.1 Å². The van der Waals surface area contributed by atoms with Gasteiger partial charge in [-0.2, -0.15) is 0 Å². The predicted octanol–water partition coefficient (Wildman–Crippen LogP) is 2.95. The van der Waals surface area contributed by atoms with Gasteiger partial charge in [0.1, 0.15) is 5.75 Å². The average Bonchev–Trinajstić information content (AvgIpc) is 3.27. The first-order chi connectivity index (χ1) is 12.2. The summed E-state index contributed by atoms with van der Waals surface area (Å²) in [4.78, 5) is 14.5. The molecule has 1 atom stereocenters. The molecule has 1 unspecified atom stereocenters. The Morgan fingerprint density at radius 3 is 2.84 bits per heavy atom. The highest BCUT2D eigenvalue weighted by molar-refractivity contribution is 5.87. The van der Waals surface area contributed by atoms with Crippen LogP contribution in [0.25, 0.3) is 0 Å². The van der Waals surface area contributed by atoms with E-state index in [1.165, 1.54) is 12.8 Å². The van der Waals surface area contributed by atoms with Gasteiger partial charge in [-0.3, -0.25) is 10.2 Å². The molecule has 1 aliphatic heterocycles. The number of carbonyl (C=O) groups is 1. The van der Waals surface area contributed by atoms with Crippen LogP contribution in [0, 0.1) is 6.92 Å². The number of amides is 2. The van der Waals surface area contributed by atoms with Crippen molar-refractivity contribution in [3.05, 3.63) is 41.6 Å². The fourth-order valence-electron chi connectivity index (χ4n) is 3.13. The lowest BCUT2D eigenvalue weighted by molar-refractivity contribution is 0.227. The summed E-state index contributed by atoms with van der Waals surface area (Å²) in [7, 11) is 1.66. The maximum absolute atomic E-state index is 12.1. The monoisotopic (exact) mass is 344 g/mol. The number of aromatic nitrogens is 1. The van der Waals surface area contributed by atoms with Crippen LogP contribution in [0.1, 0.15) is 30.1 Å². The van der Waals surface area contributed by atoms with Crippen LogP contribution in [0.3, 0.4) is 0 Å². The Morgan fingerprint density at radius 1 is 1.36 bits per heavy atom. The predicted molar refractivity (Wildman–Crippen MR) is 94.8 cm³/mol. The summed E-state index contributed by atoms with van der Waals surface area (Å²) >= 11 is 0. The molecule has 7 nitrogen and oxygen atoms in total. The van der Waals surface area contributed by atoms with Gasteiger partial charge in [0.2, 0.25) is 5.88 Å². The first kappa shape index (κ1) is 17.3. The second kappa shape index (κ2) is 8.02. The van der Waals surface area contributed by atoms with E-state index in [4.69, 9.17) is 9.26 Å². The molecular formula is C18H24N4O3. The minimum atomic E-state index is -0.303. The van der Waals surface area contributed by atoms with Gasteiger partial charge in [-0.05, 0) is 50.6 Å². The van der Waals surface area contributed by atoms with E-state index in [1.54, 1.807) is 20.1 Å². The zero-order valence-electron chi connectivity index (χ0n) is 14.6. The number of methoxy groups -OCH3 is 1. The van der Waals surface area contributed by atoms with Crippen molar-refractivity contribution in [1.29, 1.82) is 0 Å². The Bertz CT molecular complexity index is 710. The summed E-state index contributed by atoms with van der Waals surface area (Å²) in [5.41, 5.74) is 1.86. The summed E-state index contributed by atoms with van der Waals surface area (Å²) in [5, 5.41) is 9.35. The van der Waals surface area contributed by atoms with Crippen molar-refractivity contribution in [2.75, 3.05) is 32.1 Å². The number of urea groups is 1. The summed E-state index contributed by atoms with van der Waals surface area (Å²) in [5.74, 6) is 1.16. The van der Waals surface area contributed by atoms with Crippen LogP contribution >= 0.6 is 0 Å². The summed E-state index contributed by atoms with van der Waals surface area (Å²) in [6.07, 6.45) is 2.37. The van der Waals surface area contributed by atoms with E-state index in [0.717, 1.165) is 30.1 Å². The number of anilines is 1. The Kier molecular flexibility index (Phi) is 5.55. The molecule has 1 aromatic heterocycles. The molecule has 3 rings (SSSR count). The third-order valence-electron chi connectivity index (χ3n) is 4.38. The molecule has 7 heteroatoms. The lowest BCUT2D eigenvalue weighted by Gasteiger charge is -2.28. The van der Waals surface area contributed by atoms with Crippen molar-refractivity contribution in [1.82, 2.24) is 15.4 Å². The van der Waals surface area contributed by atoms with Crippen LogP contribution in [-0.2, 0) is 0 Å². The maximum atomic E-state index is 12.1. The van der Waals surface area contributed by atoms with Gasteiger partial charge in [-0.1, -0.05) is 17.3 Å². The standard InChI is InChI=1S/C18H24N4O3/c1-13-10-17(25-21-13)20-18(23)19-12-16(22-8-3-4-9-22)14-6-5-7-15(11-14)24-2/h5-7,10-11,16H,3-4,8-9,12H2,1-2H3,(H2,19,20,23). The van der Waals surface area contributed by atoms with Gasteiger partial charge in [-0.15, -0.1) is 0 Å². The van der Waals surface area contributed by atoms with Crippen LogP contribution in [0.2, 0.25) is 0 Å². The van der Waals surface area contributed by atoms with E-state index in [9.17, 15) is 4.79 Å². The van der Waals surface area contributed by atoms with E-state index in [-0.39, 0.29) is 12.1 Å². The second-order valence-electron chi connectivity index (χ2n) is 6.20. The number of rotatable bonds is 6. The van der Waals surface area contributed by atoms with E-state index >= 15 is 0 Å². The lowest BCUT2D eigenvalue weighted by atomic mass is 10.1. The number of nitrogens with zero attached hydrogens (tertiary/aromatic N) is 2. The molecule has 0 radical (unpaired) electrons. The third kappa shape index (κ3) is 4.51. The average molecular weight is 344 g/mol. The SMILES string of the molecule is COc1cccc(C(CNC(=O)Nc2cc(C)no2)N2CCCC2)c1. The van der Waals surface area contributed by atoms with Crippen molar-refractivity contribution in [3.8, 4) is 5.75 Å². The first-order valence-electron chi connectivity index (χ1n) is 8.52. The third-order valence-corrected chi connectivity index (χ3v) is 4.38. The molecule has 2 N–H and O–H groups in total. The highest BCUT2D eigenvalue weighted by Gasteiger charge is 2.24. The minimum Gasteiger partial charge on any atom is -0.497 e. The van der Waals surface area contributed by atoms with Gasteiger partial charge in [0.15, 0.2) is 0 Å². The van der Waals surface area contributed by atoms with Crippen LogP contribution in [0.5, 0.6) is 5.75 Å². The minimum absolute atomic E-state index is 0.111. The van der Waals surface area contributed by atoms with Crippen LogP contribution in [0.4, 0.5) is 10.7 Å². The number of hydrogen-bond donors (Lipinski definition) is 2. The van der Waals surface area contributed by atoms with Crippen LogP contribution in [0.15, 0.2) is 34.9 Å². The van der Waals surface area contributed by atoms with E-state index < -0.39 is 0 Å². The Balaban J connectivity index is 1.66. The van der Waals surface area contributed by atoms with Crippen LogP contribution in [-0.4, -0.2) is 42.8 Å². The Labute approximate surface area is 147 Å². The molecule has 2 heterocycles. The Hall–Kier alpha value is -2.54. The van der Waals surface area contributed by atoms with Crippen LogP contribution < -0.4 is 15.4 Å². The van der Waals surface area contributed by atoms with Gasteiger partial charge >= 0.3 is 6.03 Å². The molecular weight excluding hydrogens is 320 g/mol. The quantitative estimate of drug-likeness (QED) is 0.842. The molecule has 0 bridgehead atoms. The fourth-order valence-corrected chi connectivity index (χ4v) is 3.13. The van der Waals surface area contributed by atoms with Gasteiger partial charge in [0.25, 0.3) is 0 Å². The number of benzene rings is 1. The van der Waals surface area contributed by atoms with Crippen molar-refractivity contribution in [2.45, 2.75) is 25.8 Å². The van der Waals surface area contributed by atoms with Crippen molar-refractivity contribution >= 4 is 11.9 Å². The molecule has 134 valence electrons. The van der Waals surface area contributed by atoms with Gasteiger partial charge < -0.3 is 14.6 Å². The number of carbonyl (C=O) groups excluding carboxylic acids is 1. The second-order valence-corrected chi connectivity index (χ2v) is 6.20. The van der Waals surface area contributed by atoms with E-state index in [1.807, 2.05) is 18.2 Å². The highest BCUT2D eigenvalue weighted by Crippen LogP contribution is 2.27. The summed E-state index contributed by atoms with van der Waals surface area (Å²) < 4.78 is 10.3. The zero-order chi connectivity index (χ0) is 17.6. The molecule has 1 aromatic carbocycles. The molecule has 1 aliphatic rings. The maximum Gasteiger partial charge on any atom is 0.321 e. The molecule has 1 saturated heterocycles. The molecule has 0 aliphatic carbocycles. The zero-order valence-corrected chi connectivity index (χ0v) is 14.6. The Morgan fingerprint density at radius 2 is 2.16 bits per heavy atom. The highest BCUT2D eigenvalue weighted by atomic mass is 16.5. The van der Waals surface area contributed by atoms with E-state index in [2.05, 4.69) is 26.8 Å². The topological polar surface area (TPSA) is 79.6 Å². The summed E-state index contributed by atoms with van der Waals surface area (Å²) in [6.45, 7) is 4.38.